The number of aromatic hydroxyl groups is 1. The SMILES string of the molecule is CCC.COC(=O)[C@@H](N)Cc1ccc(O)cc1. The molecule has 0 unspecified atom stereocenters. The van der Waals surface area contributed by atoms with E-state index in [1.165, 1.54) is 13.5 Å². The molecule has 4 nitrogen and oxygen atoms in total. The first-order valence-electron chi connectivity index (χ1n) is 5.66. The van der Waals surface area contributed by atoms with Crippen LogP contribution in [0.4, 0.5) is 0 Å². The number of esters is 1. The first-order valence-corrected chi connectivity index (χ1v) is 5.66. The van der Waals surface area contributed by atoms with Crippen molar-refractivity contribution in [1.29, 1.82) is 0 Å². The molecule has 0 fully saturated rings. The lowest BCUT2D eigenvalue weighted by Gasteiger charge is -2.08. The molecule has 1 aromatic rings. The zero-order valence-electron chi connectivity index (χ0n) is 10.6. The summed E-state index contributed by atoms with van der Waals surface area (Å²) in [5.41, 5.74) is 6.45. The van der Waals surface area contributed by atoms with Crippen LogP contribution < -0.4 is 5.73 Å². The number of benzene rings is 1. The zero-order chi connectivity index (χ0) is 13.3. The number of rotatable bonds is 3. The van der Waals surface area contributed by atoms with Gasteiger partial charge in [-0.1, -0.05) is 32.4 Å². The minimum Gasteiger partial charge on any atom is -0.508 e. The molecule has 0 bridgehead atoms. The summed E-state index contributed by atoms with van der Waals surface area (Å²) in [4.78, 5) is 11.0. The minimum absolute atomic E-state index is 0.195. The molecule has 0 radical (unpaired) electrons. The Balaban J connectivity index is 0.000000770. The maximum Gasteiger partial charge on any atom is 0.322 e. The molecule has 0 spiro atoms. The van der Waals surface area contributed by atoms with Gasteiger partial charge in [0.15, 0.2) is 0 Å². The number of phenols is 1. The highest BCUT2D eigenvalue weighted by Gasteiger charge is 2.13. The van der Waals surface area contributed by atoms with Crippen molar-refractivity contribution in [2.75, 3.05) is 7.11 Å². The van der Waals surface area contributed by atoms with Gasteiger partial charge in [0, 0.05) is 0 Å². The first kappa shape index (κ1) is 15.4. The third kappa shape index (κ3) is 6.58. The lowest BCUT2D eigenvalue weighted by Crippen LogP contribution is -2.33. The van der Waals surface area contributed by atoms with Gasteiger partial charge in [0.1, 0.15) is 11.8 Å². The predicted octanol–water partition coefficient (Wildman–Crippen LogP) is 1.85. The first-order chi connectivity index (χ1) is 8.04. The van der Waals surface area contributed by atoms with Crippen molar-refractivity contribution in [3.8, 4) is 5.75 Å². The maximum atomic E-state index is 11.0. The number of hydrogen-bond acceptors (Lipinski definition) is 4. The summed E-state index contributed by atoms with van der Waals surface area (Å²) in [5.74, 6) is -0.238. The Hall–Kier alpha value is -1.55. The molecule has 4 heteroatoms. The van der Waals surface area contributed by atoms with Crippen molar-refractivity contribution in [1.82, 2.24) is 0 Å². The van der Waals surface area contributed by atoms with Crippen LogP contribution in [0.2, 0.25) is 0 Å². The van der Waals surface area contributed by atoms with E-state index in [1.54, 1.807) is 24.3 Å². The summed E-state index contributed by atoms with van der Waals surface area (Å²) in [6.07, 6.45) is 1.66. The number of phenolic OH excluding ortho intramolecular Hbond substituents is 1. The summed E-state index contributed by atoms with van der Waals surface area (Å²) in [5, 5.41) is 9.02. The Labute approximate surface area is 102 Å². The number of carbonyl (C=O) groups excluding carboxylic acids is 1. The Morgan fingerprint density at radius 2 is 1.82 bits per heavy atom. The van der Waals surface area contributed by atoms with Crippen LogP contribution in [0.15, 0.2) is 24.3 Å². The zero-order valence-corrected chi connectivity index (χ0v) is 10.6. The van der Waals surface area contributed by atoms with E-state index in [1.807, 2.05) is 0 Å². The fourth-order valence-corrected chi connectivity index (χ4v) is 1.12. The van der Waals surface area contributed by atoms with Gasteiger partial charge in [-0.05, 0) is 24.1 Å². The highest BCUT2D eigenvalue weighted by atomic mass is 16.5. The van der Waals surface area contributed by atoms with E-state index >= 15 is 0 Å². The second-order valence-corrected chi connectivity index (χ2v) is 3.71. The average molecular weight is 239 g/mol. The quantitative estimate of drug-likeness (QED) is 0.790. The van der Waals surface area contributed by atoms with E-state index in [2.05, 4.69) is 18.6 Å². The lowest BCUT2D eigenvalue weighted by atomic mass is 10.1. The van der Waals surface area contributed by atoms with Gasteiger partial charge in [0.25, 0.3) is 0 Å². The summed E-state index contributed by atoms with van der Waals surface area (Å²) in [7, 11) is 1.30. The molecular weight excluding hydrogens is 218 g/mol. The van der Waals surface area contributed by atoms with Crippen LogP contribution in [0.25, 0.3) is 0 Å². The van der Waals surface area contributed by atoms with Crippen molar-refractivity contribution in [3.63, 3.8) is 0 Å². The topological polar surface area (TPSA) is 72.5 Å². The Morgan fingerprint density at radius 3 is 2.24 bits per heavy atom. The fraction of sp³-hybridized carbons (Fsp3) is 0.462. The second-order valence-electron chi connectivity index (χ2n) is 3.71. The standard InChI is InChI=1S/C10H13NO3.C3H8/c1-14-10(13)9(11)6-7-2-4-8(12)5-3-7;1-3-2/h2-5,9,12H,6,11H2,1H3;3H2,1-2H3/t9-;/m0./s1. The summed E-state index contributed by atoms with van der Waals surface area (Å²) in [6, 6.07) is 5.90. The van der Waals surface area contributed by atoms with Gasteiger partial charge in [-0.15, -0.1) is 0 Å². The molecule has 0 aliphatic heterocycles. The van der Waals surface area contributed by atoms with Crippen LogP contribution >= 0.6 is 0 Å². The van der Waals surface area contributed by atoms with Crippen LogP contribution in [0, 0.1) is 0 Å². The summed E-state index contributed by atoms with van der Waals surface area (Å²) >= 11 is 0. The van der Waals surface area contributed by atoms with Gasteiger partial charge in [-0.3, -0.25) is 4.79 Å². The fourth-order valence-electron chi connectivity index (χ4n) is 1.12. The van der Waals surface area contributed by atoms with Crippen LogP contribution in [-0.2, 0) is 16.0 Å². The normalized spacial score (nSPS) is 11.1. The van der Waals surface area contributed by atoms with Crippen molar-refractivity contribution in [3.05, 3.63) is 29.8 Å². The molecule has 0 heterocycles. The van der Waals surface area contributed by atoms with Gasteiger partial charge >= 0.3 is 5.97 Å². The number of methoxy groups -OCH3 is 1. The van der Waals surface area contributed by atoms with E-state index in [0.717, 1.165) is 5.56 Å². The van der Waals surface area contributed by atoms with E-state index in [9.17, 15) is 4.79 Å². The van der Waals surface area contributed by atoms with Gasteiger partial charge in [-0.25, -0.2) is 0 Å². The lowest BCUT2D eigenvalue weighted by molar-refractivity contribution is -0.142. The molecule has 0 amide bonds. The van der Waals surface area contributed by atoms with Crippen molar-refractivity contribution >= 4 is 5.97 Å². The van der Waals surface area contributed by atoms with Gasteiger partial charge in [0.05, 0.1) is 7.11 Å². The van der Waals surface area contributed by atoms with Gasteiger partial charge in [0.2, 0.25) is 0 Å². The van der Waals surface area contributed by atoms with E-state index in [4.69, 9.17) is 10.8 Å². The molecule has 17 heavy (non-hydrogen) atoms. The van der Waals surface area contributed by atoms with Gasteiger partial charge in [-0.2, -0.15) is 0 Å². The molecule has 1 rings (SSSR count). The maximum absolute atomic E-state index is 11.0. The van der Waals surface area contributed by atoms with Crippen LogP contribution in [-0.4, -0.2) is 24.2 Å². The third-order valence-electron chi connectivity index (χ3n) is 1.90. The van der Waals surface area contributed by atoms with Crippen molar-refractivity contribution in [2.45, 2.75) is 32.7 Å². The third-order valence-corrected chi connectivity index (χ3v) is 1.90. The molecule has 0 aliphatic carbocycles. The molecule has 96 valence electrons. The van der Waals surface area contributed by atoms with E-state index < -0.39 is 12.0 Å². The predicted molar refractivity (Wildman–Crippen MR) is 67.8 cm³/mol. The Morgan fingerprint density at radius 1 is 1.35 bits per heavy atom. The monoisotopic (exact) mass is 239 g/mol. The number of carbonyl (C=O) groups is 1. The molecule has 3 N–H and O–H groups in total. The molecule has 0 aromatic heterocycles. The molecule has 0 saturated carbocycles. The second kappa shape index (κ2) is 8.58. The van der Waals surface area contributed by atoms with Crippen LogP contribution in [0.1, 0.15) is 25.8 Å². The molecule has 0 saturated heterocycles. The van der Waals surface area contributed by atoms with E-state index in [-0.39, 0.29) is 5.75 Å². The smallest absolute Gasteiger partial charge is 0.322 e. The Kier molecular flexibility index (Phi) is 7.80. The summed E-state index contributed by atoms with van der Waals surface area (Å²) in [6.45, 7) is 4.25. The molecular formula is C13H21NO3. The van der Waals surface area contributed by atoms with Crippen molar-refractivity contribution in [2.24, 2.45) is 5.73 Å². The Bertz CT molecular complexity index is 322. The number of nitrogens with two attached hydrogens (primary N) is 1. The largest absolute Gasteiger partial charge is 0.508 e. The number of hydrogen-bond donors (Lipinski definition) is 2. The number of ether oxygens (including phenoxy) is 1. The van der Waals surface area contributed by atoms with Gasteiger partial charge < -0.3 is 15.6 Å². The minimum atomic E-state index is -0.649. The van der Waals surface area contributed by atoms with Crippen LogP contribution in [0.3, 0.4) is 0 Å². The highest BCUT2D eigenvalue weighted by Crippen LogP contribution is 2.10. The molecule has 1 aromatic carbocycles. The summed E-state index contributed by atoms with van der Waals surface area (Å²) < 4.78 is 4.49. The average Bonchev–Trinajstić information content (AvgIpc) is 2.32. The van der Waals surface area contributed by atoms with Crippen molar-refractivity contribution < 1.29 is 14.6 Å². The molecule has 0 aliphatic rings. The van der Waals surface area contributed by atoms with Crippen LogP contribution in [0.5, 0.6) is 5.75 Å². The van der Waals surface area contributed by atoms with E-state index in [0.29, 0.717) is 6.42 Å². The molecule has 1 atom stereocenters. The highest BCUT2D eigenvalue weighted by molar-refractivity contribution is 5.75.